The highest BCUT2D eigenvalue weighted by Crippen LogP contribution is 2.17. The van der Waals surface area contributed by atoms with E-state index >= 15 is 0 Å². The zero-order chi connectivity index (χ0) is 15.9. The molecule has 0 atom stereocenters. The van der Waals surface area contributed by atoms with Crippen molar-refractivity contribution >= 4 is 11.8 Å². The standard InChI is InChI=1S/C17H22N2O3/c1-13-4-6-14(7-5-13)3-2-11-19-12-10-15(17(19)21)8-9-16(20)18-22/h4-7,10,22H,2-3,8-9,11-12H2,1H3,(H,18,20). The molecule has 1 aromatic carbocycles. The molecule has 5 nitrogen and oxygen atoms in total. The Hall–Kier alpha value is -2.14. The SMILES string of the molecule is Cc1ccc(CCCN2CC=C(CCC(=O)NO)C2=O)cc1. The first kappa shape index (κ1) is 16.2. The summed E-state index contributed by atoms with van der Waals surface area (Å²) in [4.78, 5) is 25.0. The van der Waals surface area contributed by atoms with Crippen LogP contribution in [0.15, 0.2) is 35.9 Å². The Morgan fingerprint density at radius 1 is 1.27 bits per heavy atom. The third kappa shape index (κ3) is 4.43. The van der Waals surface area contributed by atoms with Crippen LogP contribution in [0.25, 0.3) is 0 Å². The van der Waals surface area contributed by atoms with Crippen LogP contribution in [0.5, 0.6) is 0 Å². The minimum Gasteiger partial charge on any atom is -0.335 e. The molecule has 0 bridgehead atoms. The van der Waals surface area contributed by atoms with Gasteiger partial charge in [-0.2, -0.15) is 0 Å². The van der Waals surface area contributed by atoms with Crippen molar-refractivity contribution in [2.24, 2.45) is 0 Å². The van der Waals surface area contributed by atoms with Gasteiger partial charge in [0.2, 0.25) is 11.8 Å². The van der Waals surface area contributed by atoms with Crippen molar-refractivity contribution in [2.75, 3.05) is 13.1 Å². The number of carbonyl (C=O) groups is 2. The maximum Gasteiger partial charge on any atom is 0.249 e. The molecular formula is C17H22N2O3. The summed E-state index contributed by atoms with van der Waals surface area (Å²) in [5, 5.41) is 8.45. The predicted molar refractivity (Wildman–Crippen MR) is 83.3 cm³/mol. The lowest BCUT2D eigenvalue weighted by atomic mass is 10.1. The summed E-state index contributed by atoms with van der Waals surface area (Å²) in [5.74, 6) is -0.457. The normalized spacial score (nSPS) is 14.2. The molecular weight excluding hydrogens is 280 g/mol. The number of rotatable bonds is 7. The minimum absolute atomic E-state index is 0.00893. The first-order chi connectivity index (χ1) is 10.6. The van der Waals surface area contributed by atoms with E-state index in [1.54, 1.807) is 10.4 Å². The quantitative estimate of drug-likeness (QED) is 0.598. The first-order valence-corrected chi connectivity index (χ1v) is 7.57. The molecule has 1 aliphatic heterocycles. The summed E-state index contributed by atoms with van der Waals surface area (Å²) < 4.78 is 0. The zero-order valence-corrected chi connectivity index (χ0v) is 12.8. The summed E-state index contributed by atoms with van der Waals surface area (Å²) >= 11 is 0. The van der Waals surface area contributed by atoms with Crippen molar-refractivity contribution in [1.29, 1.82) is 0 Å². The molecule has 1 heterocycles. The molecule has 0 saturated heterocycles. The van der Waals surface area contributed by atoms with Crippen molar-refractivity contribution in [2.45, 2.75) is 32.6 Å². The highest BCUT2D eigenvalue weighted by molar-refractivity contribution is 5.96. The van der Waals surface area contributed by atoms with Crippen LogP contribution in [-0.4, -0.2) is 35.0 Å². The molecule has 1 aliphatic rings. The second kappa shape index (κ2) is 7.75. The van der Waals surface area contributed by atoms with Crippen LogP contribution in [0.3, 0.4) is 0 Å². The number of amides is 2. The van der Waals surface area contributed by atoms with E-state index in [1.165, 1.54) is 11.1 Å². The average Bonchev–Trinajstić information content (AvgIpc) is 2.87. The van der Waals surface area contributed by atoms with E-state index < -0.39 is 5.91 Å². The topological polar surface area (TPSA) is 69.6 Å². The van der Waals surface area contributed by atoms with Gasteiger partial charge in [0.15, 0.2) is 0 Å². The molecule has 0 aromatic heterocycles. The van der Waals surface area contributed by atoms with Crippen LogP contribution in [-0.2, 0) is 16.0 Å². The predicted octanol–water partition coefficient (Wildman–Crippen LogP) is 1.98. The molecule has 22 heavy (non-hydrogen) atoms. The minimum atomic E-state index is -0.466. The van der Waals surface area contributed by atoms with Crippen molar-refractivity contribution in [3.63, 3.8) is 0 Å². The van der Waals surface area contributed by atoms with E-state index in [2.05, 4.69) is 31.2 Å². The molecule has 0 saturated carbocycles. The summed E-state index contributed by atoms with van der Waals surface area (Å²) in [5.41, 5.74) is 4.78. The fraction of sp³-hybridized carbons (Fsp3) is 0.412. The van der Waals surface area contributed by atoms with E-state index in [4.69, 9.17) is 5.21 Å². The van der Waals surface area contributed by atoms with Gasteiger partial charge in [-0.05, 0) is 31.7 Å². The number of nitrogens with zero attached hydrogens (tertiary/aromatic N) is 1. The zero-order valence-electron chi connectivity index (χ0n) is 12.8. The van der Waals surface area contributed by atoms with Gasteiger partial charge in [0, 0.05) is 25.1 Å². The van der Waals surface area contributed by atoms with Crippen molar-refractivity contribution in [1.82, 2.24) is 10.4 Å². The smallest absolute Gasteiger partial charge is 0.249 e. The molecule has 1 aromatic rings. The van der Waals surface area contributed by atoms with Gasteiger partial charge in [-0.25, -0.2) is 5.48 Å². The van der Waals surface area contributed by atoms with E-state index in [9.17, 15) is 9.59 Å². The van der Waals surface area contributed by atoms with Crippen LogP contribution >= 0.6 is 0 Å². The lowest BCUT2D eigenvalue weighted by Crippen LogP contribution is -2.28. The number of hydrogen-bond acceptors (Lipinski definition) is 3. The molecule has 2 N–H and O–H groups in total. The van der Waals surface area contributed by atoms with Gasteiger partial charge < -0.3 is 4.90 Å². The Balaban J connectivity index is 1.73. The van der Waals surface area contributed by atoms with Gasteiger partial charge in [-0.1, -0.05) is 35.9 Å². The van der Waals surface area contributed by atoms with E-state index in [-0.39, 0.29) is 12.3 Å². The Bertz CT molecular complexity index is 564. The Kier molecular flexibility index (Phi) is 5.72. The highest BCUT2D eigenvalue weighted by atomic mass is 16.5. The van der Waals surface area contributed by atoms with Crippen molar-refractivity contribution < 1.29 is 14.8 Å². The van der Waals surface area contributed by atoms with Crippen LogP contribution in [0.4, 0.5) is 0 Å². The summed E-state index contributed by atoms with van der Waals surface area (Å²) in [6.07, 6.45) is 4.25. The number of carbonyl (C=O) groups excluding carboxylic acids is 2. The lowest BCUT2D eigenvalue weighted by Gasteiger charge is -2.16. The Morgan fingerprint density at radius 3 is 2.68 bits per heavy atom. The third-order valence-corrected chi connectivity index (χ3v) is 3.88. The molecule has 0 radical (unpaired) electrons. The van der Waals surface area contributed by atoms with Crippen molar-refractivity contribution in [3.05, 3.63) is 47.0 Å². The molecule has 0 unspecified atom stereocenters. The van der Waals surface area contributed by atoms with E-state index in [0.29, 0.717) is 18.5 Å². The number of aryl methyl sites for hydroxylation is 2. The highest BCUT2D eigenvalue weighted by Gasteiger charge is 2.23. The molecule has 2 rings (SSSR count). The van der Waals surface area contributed by atoms with Crippen LogP contribution < -0.4 is 5.48 Å². The summed E-state index contributed by atoms with van der Waals surface area (Å²) in [6.45, 7) is 3.40. The van der Waals surface area contributed by atoms with Gasteiger partial charge in [0.25, 0.3) is 0 Å². The second-order valence-corrected chi connectivity index (χ2v) is 5.60. The largest absolute Gasteiger partial charge is 0.335 e. The van der Waals surface area contributed by atoms with Gasteiger partial charge in [0.1, 0.15) is 0 Å². The molecule has 0 spiro atoms. The average molecular weight is 302 g/mol. The maximum absolute atomic E-state index is 12.2. The number of benzene rings is 1. The fourth-order valence-electron chi connectivity index (χ4n) is 2.53. The summed E-state index contributed by atoms with van der Waals surface area (Å²) in [7, 11) is 0. The molecule has 0 aliphatic carbocycles. The molecule has 0 fully saturated rings. The van der Waals surface area contributed by atoms with E-state index in [1.807, 2.05) is 6.08 Å². The van der Waals surface area contributed by atoms with Gasteiger partial charge in [-0.15, -0.1) is 0 Å². The first-order valence-electron chi connectivity index (χ1n) is 7.57. The number of hydroxylamine groups is 1. The van der Waals surface area contributed by atoms with E-state index in [0.717, 1.165) is 19.4 Å². The second-order valence-electron chi connectivity index (χ2n) is 5.60. The van der Waals surface area contributed by atoms with Gasteiger partial charge in [-0.3, -0.25) is 14.8 Å². The molecule has 5 heteroatoms. The fourth-order valence-corrected chi connectivity index (χ4v) is 2.53. The molecule has 2 amide bonds. The van der Waals surface area contributed by atoms with Gasteiger partial charge in [0.05, 0.1) is 0 Å². The third-order valence-electron chi connectivity index (χ3n) is 3.88. The van der Waals surface area contributed by atoms with Gasteiger partial charge >= 0.3 is 0 Å². The number of hydrogen-bond donors (Lipinski definition) is 2. The van der Waals surface area contributed by atoms with Crippen molar-refractivity contribution in [3.8, 4) is 0 Å². The van der Waals surface area contributed by atoms with Crippen LogP contribution in [0, 0.1) is 6.92 Å². The Morgan fingerprint density at radius 2 is 2.00 bits per heavy atom. The Labute approximate surface area is 130 Å². The lowest BCUT2D eigenvalue weighted by molar-refractivity contribution is -0.129. The van der Waals surface area contributed by atoms with Crippen LogP contribution in [0.2, 0.25) is 0 Å². The molecule has 118 valence electrons. The summed E-state index contributed by atoms with van der Waals surface area (Å²) in [6, 6.07) is 8.45. The monoisotopic (exact) mass is 302 g/mol. The maximum atomic E-state index is 12.2. The van der Waals surface area contributed by atoms with Crippen LogP contribution in [0.1, 0.15) is 30.4 Å². The number of nitrogens with one attached hydrogen (secondary N) is 1.